The molecule has 1 heterocycles. The van der Waals surface area contributed by atoms with Gasteiger partial charge in [-0.05, 0) is 48.9 Å². The van der Waals surface area contributed by atoms with Crippen LogP contribution >= 0.6 is 34.5 Å². The lowest BCUT2D eigenvalue weighted by atomic mass is 9.98. The molecule has 0 saturated heterocycles. The fraction of sp³-hybridized carbons (Fsp3) is 0.333. The summed E-state index contributed by atoms with van der Waals surface area (Å²) in [5, 5.41) is 4.33. The van der Waals surface area contributed by atoms with E-state index in [1.165, 1.54) is 16.0 Å². The van der Waals surface area contributed by atoms with Crippen LogP contribution in [0.25, 0.3) is 0 Å². The van der Waals surface area contributed by atoms with Gasteiger partial charge in [-0.3, -0.25) is 0 Å². The van der Waals surface area contributed by atoms with Gasteiger partial charge in [0, 0.05) is 22.4 Å². The van der Waals surface area contributed by atoms with Crippen LogP contribution in [0.2, 0.25) is 9.36 Å². The van der Waals surface area contributed by atoms with Crippen molar-refractivity contribution in [2.24, 2.45) is 0 Å². The summed E-state index contributed by atoms with van der Waals surface area (Å²) in [4.78, 5) is 1.30. The van der Waals surface area contributed by atoms with Crippen LogP contribution in [0, 0.1) is 6.92 Å². The molecule has 1 aromatic heterocycles. The van der Waals surface area contributed by atoms with E-state index in [1.54, 1.807) is 11.3 Å². The summed E-state index contributed by atoms with van der Waals surface area (Å²) in [6, 6.07) is 10.4. The van der Waals surface area contributed by atoms with Gasteiger partial charge in [0.05, 0.1) is 4.34 Å². The lowest BCUT2D eigenvalue weighted by Gasteiger charge is -2.20. The van der Waals surface area contributed by atoms with Crippen molar-refractivity contribution in [1.82, 2.24) is 5.32 Å². The number of rotatable bonds is 5. The first-order valence-electron chi connectivity index (χ1n) is 6.33. The normalized spacial score (nSPS) is 12.6. The highest BCUT2D eigenvalue weighted by molar-refractivity contribution is 7.16. The lowest BCUT2D eigenvalue weighted by Crippen LogP contribution is -2.23. The highest BCUT2D eigenvalue weighted by atomic mass is 35.5. The van der Waals surface area contributed by atoms with Gasteiger partial charge in [-0.2, -0.15) is 0 Å². The Kier molecular flexibility index (Phi) is 5.28. The maximum absolute atomic E-state index is 6.03. The van der Waals surface area contributed by atoms with E-state index >= 15 is 0 Å². The van der Waals surface area contributed by atoms with Gasteiger partial charge in [0.1, 0.15) is 0 Å². The second kappa shape index (κ2) is 6.76. The molecule has 0 fully saturated rings. The van der Waals surface area contributed by atoms with E-state index in [-0.39, 0.29) is 0 Å². The monoisotopic (exact) mass is 313 g/mol. The molecular formula is C15H17Cl2NS. The quantitative estimate of drug-likeness (QED) is 0.794. The smallest absolute Gasteiger partial charge is 0.0931 e. The molecule has 0 radical (unpaired) electrons. The van der Waals surface area contributed by atoms with Gasteiger partial charge >= 0.3 is 0 Å². The van der Waals surface area contributed by atoms with E-state index in [1.807, 2.05) is 18.2 Å². The van der Waals surface area contributed by atoms with Gasteiger partial charge in [0.15, 0.2) is 0 Å². The Hall–Kier alpha value is -0.540. The minimum absolute atomic E-state index is 0.303. The van der Waals surface area contributed by atoms with Crippen molar-refractivity contribution in [3.63, 3.8) is 0 Å². The summed E-state index contributed by atoms with van der Waals surface area (Å²) in [7, 11) is 0. The molecule has 0 aliphatic carbocycles. The molecule has 1 unspecified atom stereocenters. The zero-order valence-corrected chi connectivity index (χ0v) is 13.4. The molecular weight excluding hydrogens is 297 g/mol. The molecule has 0 spiro atoms. The van der Waals surface area contributed by atoms with Crippen LogP contribution in [-0.2, 0) is 6.42 Å². The minimum atomic E-state index is 0.303. The molecule has 19 heavy (non-hydrogen) atoms. The van der Waals surface area contributed by atoms with Crippen molar-refractivity contribution in [2.45, 2.75) is 26.3 Å². The second-order valence-corrected chi connectivity index (χ2v) is 6.76. The number of thiophene rings is 1. The zero-order valence-electron chi connectivity index (χ0n) is 11.0. The summed E-state index contributed by atoms with van der Waals surface area (Å²) in [6.45, 7) is 5.17. The number of benzene rings is 1. The first-order chi connectivity index (χ1) is 9.10. The maximum atomic E-state index is 6.03. The van der Waals surface area contributed by atoms with Gasteiger partial charge in [-0.25, -0.2) is 0 Å². The average molecular weight is 314 g/mol. The number of likely N-dealkylation sites (N-methyl/N-ethyl adjacent to an activating group) is 1. The number of aryl methyl sites for hydroxylation is 1. The molecule has 4 heteroatoms. The van der Waals surface area contributed by atoms with Crippen molar-refractivity contribution in [3.05, 3.63) is 55.7 Å². The van der Waals surface area contributed by atoms with Crippen LogP contribution in [0.5, 0.6) is 0 Å². The molecule has 0 aliphatic heterocycles. The molecule has 1 aromatic carbocycles. The molecule has 1 atom stereocenters. The molecule has 0 saturated carbocycles. The van der Waals surface area contributed by atoms with Gasteiger partial charge in [-0.1, -0.05) is 36.2 Å². The fourth-order valence-corrected chi connectivity index (χ4v) is 3.59. The minimum Gasteiger partial charge on any atom is -0.310 e. The highest BCUT2D eigenvalue weighted by Crippen LogP contribution is 2.28. The molecule has 0 amide bonds. The predicted octanol–water partition coefficient (Wildman–Crippen LogP) is 5.26. The van der Waals surface area contributed by atoms with Crippen LogP contribution in [0.3, 0.4) is 0 Å². The Morgan fingerprint density at radius 1 is 1.21 bits per heavy atom. The molecule has 0 aliphatic rings. The van der Waals surface area contributed by atoms with Crippen molar-refractivity contribution in [3.8, 4) is 0 Å². The van der Waals surface area contributed by atoms with E-state index in [0.717, 1.165) is 22.3 Å². The molecule has 102 valence electrons. The standard InChI is InChI=1S/C15H17Cl2NS/c1-3-18-14(9-12-5-7-15(17)19-12)13-6-4-11(16)8-10(13)2/h4-8,14,18H,3,9H2,1-2H3. The predicted molar refractivity (Wildman–Crippen MR) is 85.6 cm³/mol. The lowest BCUT2D eigenvalue weighted by molar-refractivity contribution is 0.551. The van der Waals surface area contributed by atoms with Gasteiger partial charge in [-0.15, -0.1) is 11.3 Å². The summed E-state index contributed by atoms with van der Waals surface area (Å²) < 4.78 is 0.845. The third kappa shape index (κ3) is 3.96. The Balaban J connectivity index is 2.23. The Labute approximate surface area is 128 Å². The van der Waals surface area contributed by atoms with Gasteiger partial charge in [0.2, 0.25) is 0 Å². The van der Waals surface area contributed by atoms with Gasteiger partial charge < -0.3 is 5.32 Å². The Morgan fingerprint density at radius 3 is 2.58 bits per heavy atom. The second-order valence-electron chi connectivity index (χ2n) is 4.52. The van der Waals surface area contributed by atoms with Crippen molar-refractivity contribution in [2.75, 3.05) is 6.54 Å². The topological polar surface area (TPSA) is 12.0 Å². The number of nitrogens with one attached hydrogen (secondary N) is 1. The van der Waals surface area contributed by atoms with Crippen LogP contribution < -0.4 is 5.32 Å². The average Bonchev–Trinajstić information content (AvgIpc) is 2.74. The largest absolute Gasteiger partial charge is 0.310 e. The Bertz CT molecular complexity index is 551. The number of hydrogen-bond donors (Lipinski definition) is 1. The van der Waals surface area contributed by atoms with E-state index in [9.17, 15) is 0 Å². The summed E-state index contributed by atoms with van der Waals surface area (Å²) >= 11 is 13.7. The molecule has 2 rings (SSSR count). The SMILES string of the molecule is CCNC(Cc1ccc(Cl)s1)c1ccc(Cl)cc1C. The van der Waals surface area contributed by atoms with Crippen molar-refractivity contribution in [1.29, 1.82) is 0 Å². The third-order valence-corrected chi connectivity index (χ3v) is 4.58. The van der Waals surface area contributed by atoms with E-state index in [4.69, 9.17) is 23.2 Å². The van der Waals surface area contributed by atoms with Crippen molar-refractivity contribution >= 4 is 34.5 Å². The van der Waals surface area contributed by atoms with E-state index in [2.05, 4.69) is 31.3 Å². The van der Waals surface area contributed by atoms with E-state index in [0.29, 0.717) is 6.04 Å². The zero-order chi connectivity index (χ0) is 13.8. The third-order valence-electron chi connectivity index (χ3n) is 3.09. The first-order valence-corrected chi connectivity index (χ1v) is 7.91. The van der Waals surface area contributed by atoms with Crippen LogP contribution in [0.15, 0.2) is 30.3 Å². The molecule has 2 aromatic rings. The van der Waals surface area contributed by atoms with Crippen LogP contribution in [0.4, 0.5) is 0 Å². The molecule has 1 nitrogen and oxygen atoms in total. The summed E-state index contributed by atoms with van der Waals surface area (Å²) in [5.41, 5.74) is 2.52. The number of hydrogen-bond acceptors (Lipinski definition) is 2. The van der Waals surface area contributed by atoms with Crippen LogP contribution in [-0.4, -0.2) is 6.54 Å². The fourth-order valence-electron chi connectivity index (χ4n) is 2.23. The summed E-state index contributed by atoms with van der Waals surface area (Å²) in [5.74, 6) is 0. The molecule has 0 bridgehead atoms. The Morgan fingerprint density at radius 2 is 2.00 bits per heavy atom. The van der Waals surface area contributed by atoms with Crippen molar-refractivity contribution < 1.29 is 0 Å². The molecule has 1 N–H and O–H groups in total. The maximum Gasteiger partial charge on any atom is 0.0931 e. The number of halogens is 2. The van der Waals surface area contributed by atoms with Crippen LogP contribution in [0.1, 0.15) is 29.0 Å². The van der Waals surface area contributed by atoms with Gasteiger partial charge in [0.25, 0.3) is 0 Å². The highest BCUT2D eigenvalue weighted by Gasteiger charge is 2.14. The van der Waals surface area contributed by atoms with E-state index < -0.39 is 0 Å². The first kappa shape index (κ1) is 14.9. The summed E-state index contributed by atoms with van der Waals surface area (Å²) in [6.07, 6.45) is 0.952.